The highest BCUT2D eigenvalue weighted by atomic mass is 14.9. The third-order valence-corrected chi connectivity index (χ3v) is 3.80. The van der Waals surface area contributed by atoms with E-state index in [4.69, 9.17) is 0 Å². The van der Waals surface area contributed by atoms with Gasteiger partial charge in [0.05, 0.1) is 0 Å². The fraction of sp³-hybridized carbons (Fsp3) is 1.00. The van der Waals surface area contributed by atoms with Gasteiger partial charge in [-0.1, -0.05) is 38.5 Å². The first-order valence-electron chi connectivity index (χ1n) is 6.16. The van der Waals surface area contributed by atoms with Crippen molar-refractivity contribution in [1.82, 2.24) is 5.32 Å². The zero-order chi connectivity index (χ0) is 8.93. The minimum absolute atomic E-state index is 1.02. The van der Waals surface area contributed by atoms with E-state index in [1.54, 1.807) is 0 Å². The molecule has 1 atom stereocenters. The Bertz CT molecular complexity index is 130. The molecule has 0 bridgehead atoms. The Kier molecular flexibility index (Phi) is 3.65. The van der Waals surface area contributed by atoms with Crippen LogP contribution >= 0.6 is 0 Å². The molecule has 2 rings (SSSR count). The van der Waals surface area contributed by atoms with Crippen molar-refractivity contribution in [1.29, 1.82) is 0 Å². The van der Waals surface area contributed by atoms with Crippen molar-refractivity contribution in [3.8, 4) is 0 Å². The van der Waals surface area contributed by atoms with Crippen molar-refractivity contribution in [3.63, 3.8) is 0 Å². The second kappa shape index (κ2) is 4.99. The van der Waals surface area contributed by atoms with Crippen LogP contribution in [0.1, 0.15) is 51.4 Å². The van der Waals surface area contributed by atoms with E-state index in [1.165, 1.54) is 64.5 Å². The van der Waals surface area contributed by atoms with Gasteiger partial charge < -0.3 is 5.32 Å². The third kappa shape index (κ3) is 2.98. The highest BCUT2D eigenvalue weighted by Crippen LogP contribution is 2.29. The summed E-state index contributed by atoms with van der Waals surface area (Å²) in [5.74, 6) is 2.09. The van der Waals surface area contributed by atoms with E-state index in [0.717, 1.165) is 11.8 Å². The molecule has 76 valence electrons. The van der Waals surface area contributed by atoms with Crippen molar-refractivity contribution < 1.29 is 0 Å². The third-order valence-electron chi connectivity index (χ3n) is 3.80. The summed E-state index contributed by atoms with van der Waals surface area (Å²) in [5.41, 5.74) is 0. The number of nitrogens with one attached hydrogen (secondary N) is 1. The minimum atomic E-state index is 1.02. The zero-order valence-corrected chi connectivity index (χ0v) is 8.73. The van der Waals surface area contributed by atoms with Crippen molar-refractivity contribution >= 4 is 0 Å². The van der Waals surface area contributed by atoms with Gasteiger partial charge in [0.15, 0.2) is 0 Å². The lowest BCUT2D eigenvalue weighted by Crippen LogP contribution is -2.12. The molecule has 0 aromatic heterocycles. The molecule has 0 aromatic carbocycles. The van der Waals surface area contributed by atoms with Crippen LogP contribution in [0.4, 0.5) is 0 Å². The second-order valence-electron chi connectivity index (χ2n) is 4.95. The van der Waals surface area contributed by atoms with E-state index < -0.39 is 0 Å². The van der Waals surface area contributed by atoms with E-state index >= 15 is 0 Å². The van der Waals surface area contributed by atoms with E-state index in [2.05, 4.69) is 5.32 Å². The molecule has 1 heteroatoms. The van der Waals surface area contributed by atoms with Gasteiger partial charge in [-0.2, -0.15) is 0 Å². The number of hydrogen-bond donors (Lipinski definition) is 1. The summed E-state index contributed by atoms with van der Waals surface area (Å²) >= 11 is 0. The molecule has 1 saturated heterocycles. The van der Waals surface area contributed by atoms with Gasteiger partial charge in [0, 0.05) is 0 Å². The molecule has 1 unspecified atom stereocenters. The van der Waals surface area contributed by atoms with E-state index in [1.807, 2.05) is 0 Å². The van der Waals surface area contributed by atoms with Crippen LogP contribution in [0.25, 0.3) is 0 Å². The van der Waals surface area contributed by atoms with Crippen LogP contribution in [0.15, 0.2) is 0 Å². The normalized spacial score (nSPS) is 31.8. The minimum Gasteiger partial charge on any atom is -0.316 e. The van der Waals surface area contributed by atoms with E-state index in [9.17, 15) is 0 Å². The molecule has 0 spiro atoms. The summed E-state index contributed by atoms with van der Waals surface area (Å²) in [7, 11) is 0. The molecule has 0 amide bonds. The first-order chi connectivity index (χ1) is 6.45. The van der Waals surface area contributed by atoms with Crippen molar-refractivity contribution in [3.05, 3.63) is 0 Å². The van der Waals surface area contributed by atoms with Crippen molar-refractivity contribution in [2.75, 3.05) is 13.1 Å². The lowest BCUT2D eigenvalue weighted by molar-refractivity contribution is 0.354. The molecule has 13 heavy (non-hydrogen) atoms. The van der Waals surface area contributed by atoms with Crippen LogP contribution in [-0.4, -0.2) is 13.1 Å². The van der Waals surface area contributed by atoms with Crippen LogP contribution < -0.4 is 5.32 Å². The van der Waals surface area contributed by atoms with Crippen LogP contribution in [0, 0.1) is 11.8 Å². The molecule has 1 aliphatic carbocycles. The van der Waals surface area contributed by atoms with Crippen LogP contribution in [-0.2, 0) is 0 Å². The molecular weight excluding hydrogens is 158 g/mol. The predicted octanol–water partition coefficient (Wildman–Crippen LogP) is 2.96. The fourth-order valence-electron chi connectivity index (χ4n) is 2.99. The topological polar surface area (TPSA) is 12.0 Å². The van der Waals surface area contributed by atoms with Gasteiger partial charge in [-0.15, -0.1) is 0 Å². The molecule has 1 aliphatic heterocycles. The Morgan fingerprint density at radius 1 is 0.846 bits per heavy atom. The van der Waals surface area contributed by atoms with Crippen LogP contribution in [0.2, 0.25) is 0 Å². The maximum atomic E-state index is 3.48. The smallest absolute Gasteiger partial charge is 0.00199 e. The quantitative estimate of drug-likeness (QED) is 0.646. The van der Waals surface area contributed by atoms with Gasteiger partial charge in [0.1, 0.15) is 0 Å². The standard InChI is InChI=1S/C12H23N/c1-2-4-6-11(5-3-1)9-12-7-8-13-10-12/h11-13H,1-10H2. The Morgan fingerprint density at radius 3 is 2.23 bits per heavy atom. The lowest BCUT2D eigenvalue weighted by atomic mass is 9.89. The Labute approximate surface area is 82.3 Å². The highest BCUT2D eigenvalue weighted by molar-refractivity contribution is 4.75. The highest BCUT2D eigenvalue weighted by Gasteiger charge is 2.20. The summed E-state index contributed by atoms with van der Waals surface area (Å²) < 4.78 is 0. The molecular formula is C12H23N. The number of rotatable bonds is 2. The fourth-order valence-corrected chi connectivity index (χ4v) is 2.99. The summed E-state index contributed by atoms with van der Waals surface area (Å²) in [6, 6.07) is 0. The predicted molar refractivity (Wildman–Crippen MR) is 56.8 cm³/mol. The van der Waals surface area contributed by atoms with Gasteiger partial charge >= 0.3 is 0 Å². The first kappa shape index (κ1) is 9.51. The summed E-state index contributed by atoms with van der Waals surface area (Å²) in [4.78, 5) is 0. The van der Waals surface area contributed by atoms with Gasteiger partial charge in [0.2, 0.25) is 0 Å². The largest absolute Gasteiger partial charge is 0.316 e. The van der Waals surface area contributed by atoms with Gasteiger partial charge in [-0.05, 0) is 37.8 Å². The molecule has 1 nitrogen and oxygen atoms in total. The summed E-state index contributed by atoms with van der Waals surface area (Å²) in [5, 5.41) is 3.48. The Hall–Kier alpha value is -0.0400. The van der Waals surface area contributed by atoms with Gasteiger partial charge in [0.25, 0.3) is 0 Å². The first-order valence-corrected chi connectivity index (χ1v) is 6.16. The van der Waals surface area contributed by atoms with Gasteiger partial charge in [-0.25, -0.2) is 0 Å². The lowest BCUT2D eigenvalue weighted by Gasteiger charge is -2.17. The maximum absolute atomic E-state index is 3.48. The molecule has 1 saturated carbocycles. The monoisotopic (exact) mass is 181 g/mol. The second-order valence-corrected chi connectivity index (χ2v) is 4.95. The molecule has 2 aliphatic rings. The van der Waals surface area contributed by atoms with E-state index in [0.29, 0.717) is 0 Å². The Morgan fingerprint density at radius 2 is 1.62 bits per heavy atom. The maximum Gasteiger partial charge on any atom is -0.00199 e. The zero-order valence-electron chi connectivity index (χ0n) is 8.73. The van der Waals surface area contributed by atoms with Crippen molar-refractivity contribution in [2.45, 2.75) is 51.4 Å². The summed E-state index contributed by atoms with van der Waals surface area (Å²) in [6.45, 7) is 2.58. The molecule has 0 radical (unpaired) electrons. The SMILES string of the molecule is C1CCCC(CC2CCNC2)CC1. The Balaban J connectivity index is 1.71. The summed E-state index contributed by atoms with van der Waals surface area (Å²) in [6.07, 6.45) is 12.0. The van der Waals surface area contributed by atoms with Crippen LogP contribution in [0.5, 0.6) is 0 Å². The molecule has 1 N–H and O–H groups in total. The average Bonchev–Trinajstić information content (AvgIpc) is 2.49. The van der Waals surface area contributed by atoms with Gasteiger partial charge in [-0.3, -0.25) is 0 Å². The molecule has 0 aromatic rings. The van der Waals surface area contributed by atoms with Crippen molar-refractivity contribution in [2.24, 2.45) is 11.8 Å². The van der Waals surface area contributed by atoms with Crippen LogP contribution in [0.3, 0.4) is 0 Å². The molecule has 2 fully saturated rings. The number of hydrogen-bond acceptors (Lipinski definition) is 1. The average molecular weight is 181 g/mol. The molecule has 1 heterocycles. The van der Waals surface area contributed by atoms with E-state index in [-0.39, 0.29) is 0 Å².